The number of carbonyl (C=O) groups is 2. The van der Waals surface area contributed by atoms with Gasteiger partial charge in [-0.3, -0.25) is 4.79 Å². The van der Waals surface area contributed by atoms with E-state index in [1.54, 1.807) is 18.7 Å². The smallest absolute Gasteiger partial charge is 0.408 e. The highest BCUT2D eigenvalue weighted by molar-refractivity contribution is 8.03. The molecule has 0 aromatic heterocycles. The number of allylic oxidation sites excluding steroid dienone is 1. The first-order chi connectivity index (χ1) is 11.0. The Morgan fingerprint density at radius 2 is 2.26 bits per heavy atom. The molecule has 2 saturated heterocycles. The number of hydrogen-bond acceptors (Lipinski definition) is 7. The van der Waals surface area contributed by atoms with Crippen molar-refractivity contribution in [3.8, 4) is 0 Å². The summed E-state index contributed by atoms with van der Waals surface area (Å²) in [6.07, 6.45) is 3.06. The van der Waals surface area contributed by atoms with Crippen molar-refractivity contribution in [2.45, 2.75) is 38.3 Å². The average molecular weight is 345 g/mol. The first-order valence-electron chi connectivity index (χ1n) is 7.65. The molecule has 23 heavy (non-hydrogen) atoms. The normalized spacial score (nSPS) is 25.2. The predicted molar refractivity (Wildman–Crippen MR) is 84.8 cm³/mol. The van der Waals surface area contributed by atoms with E-state index in [0.29, 0.717) is 12.8 Å². The first kappa shape index (κ1) is 18.1. The van der Waals surface area contributed by atoms with Crippen LogP contribution in [0.1, 0.15) is 26.2 Å². The number of hydrogen-bond donors (Lipinski definition) is 3. The van der Waals surface area contributed by atoms with Crippen LogP contribution in [0.3, 0.4) is 0 Å². The molecule has 2 heterocycles. The lowest BCUT2D eigenvalue weighted by molar-refractivity contribution is -0.149. The van der Waals surface area contributed by atoms with Crippen LogP contribution in [0.4, 0.5) is 4.79 Å². The molecule has 3 N–H and O–H groups in total. The molecule has 0 spiro atoms. The van der Waals surface area contributed by atoms with Gasteiger partial charge in [-0.25, -0.2) is 4.79 Å². The number of carbonyl (C=O) groups excluding carboxylic acids is 2. The van der Waals surface area contributed by atoms with Gasteiger partial charge in [0.05, 0.1) is 19.3 Å². The highest BCUT2D eigenvalue weighted by atomic mass is 32.2. The van der Waals surface area contributed by atoms with Crippen LogP contribution in [-0.2, 0) is 14.3 Å². The van der Waals surface area contributed by atoms with E-state index < -0.39 is 5.41 Å². The fourth-order valence-corrected chi connectivity index (χ4v) is 3.49. The maximum atomic E-state index is 11.7. The molecule has 1 amide bonds. The number of unbranched alkanes of at least 4 members (excludes halogenated alkanes) is 1. The Labute approximate surface area is 139 Å². The minimum absolute atomic E-state index is 0.00114. The standard InChI is InChI=1S/C15H23NO6S/c1-15(7-17,8-18)9-21-12(19)5-3-2-4-11-13-10(6-23-11)16-14(20)22-13/h4,10,13,17-18H,2-3,5-9H2,1H3,(H,16,20)/b11-4+/t10-,13-/m0/s1. The zero-order valence-electron chi connectivity index (χ0n) is 13.1. The summed E-state index contributed by atoms with van der Waals surface area (Å²) in [6.45, 7) is 1.17. The minimum atomic E-state index is -0.799. The molecule has 130 valence electrons. The van der Waals surface area contributed by atoms with Gasteiger partial charge in [0.25, 0.3) is 0 Å². The maximum Gasteiger partial charge on any atom is 0.408 e. The van der Waals surface area contributed by atoms with E-state index >= 15 is 0 Å². The molecule has 0 bridgehead atoms. The number of aliphatic hydroxyl groups is 2. The Bertz CT molecular complexity index is 477. The van der Waals surface area contributed by atoms with Crippen LogP contribution in [-0.4, -0.2) is 60.0 Å². The van der Waals surface area contributed by atoms with E-state index in [1.807, 2.05) is 6.08 Å². The molecule has 0 radical (unpaired) electrons. The fourth-order valence-electron chi connectivity index (χ4n) is 2.25. The third-order valence-electron chi connectivity index (χ3n) is 3.89. The van der Waals surface area contributed by atoms with Crippen molar-refractivity contribution in [2.24, 2.45) is 5.41 Å². The summed E-state index contributed by atoms with van der Waals surface area (Å²) < 4.78 is 10.3. The number of rotatable bonds is 8. The number of alkyl carbamates (subject to hydrolysis) is 1. The van der Waals surface area contributed by atoms with Crippen LogP contribution < -0.4 is 5.32 Å². The summed E-state index contributed by atoms with van der Waals surface area (Å²) in [5.41, 5.74) is -0.799. The lowest BCUT2D eigenvalue weighted by atomic mass is 9.94. The van der Waals surface area contributed by atoms with E-state index in [-0.39, 0.29) is 50.4 Å². The van der Waals surface area contributed by atoms with Crippen LogP contribution in [0.2, 0.25) is 0 Å². The van der Waals surface area contributed by atoms with Gasteiger partial charge in [-0.15, -0.1) is 11.8 Å². The summed E-state index contributed by atoms with van der Waals surface area (Å²) in [5, 5.41) is 21.0. The monoisotopic (exact) mass is 345 g/mol. The van der Waals surface area contributed by atoms with E-state index in [9.17, 15) is 9.59 Å². The van der Waals surface area contributed by atoms with E-state index in [1.165, 1.54) is 0 Å². The summed E-state index contributed by atoms with van der Waals surface area (Å²) in [5.74, 6) is 0.466. The van der Waals surface area contributed by atoms with Crippen LogP contribution in [0.15, 0.2) is 11.0 Å². The molecule has 7 nitrogen and oxygen atoms in total. The van der Waals surface area contributed by atoms with Crippen LogP contribution >= 0.6 is 11.8 Å². The molecule has 2 aliphatic heterocycles. The molecule has 0 aromatic rings. The zero-order chi connectivity index (χ0) is 16.9. The molecule has 0 aliphatic carbocycles. The number of fused-ring (bicyclic) bond motifs is 1. The Morgan fingerprint density at radius 3 is 2.96 bits per heavy atom. The largest absolute Gasteiger partial charge is 0.465 e. The van der Waals surface area contributed by atoms with E-state index in [4.69, 9.17) is 19.7 Å². The van der Waals surface area contributed by atoms with E-state index in [0.717, 1.165) is 10.7 Å². The molecular formula is C15H23NO6S. The number of esters is 1. The molecule has 2 aliphatic rings. The number of thioether (sulfide) groups is 1. The van der Waals surface area contributed by atoms with Crippen molar-refractivity contribution >= 4 is 23.8 Å². The summed E-state index contributed by atoms with van der Waals surface area (Å²) in [6, 6.07) is 0.0540. The SMILES string of the molecule is CC(CO)(CO)COC(=O)CCC/C=C1/SC[C@@H]2NC(=O)O[C@H]12. The van der Waals surface area contributed by atoms with Gasteiger partial charge >= 0.3 is 12.1 Å². The summed E-state index contributed by atoms with van der Waals surface area (Å²) in [4.78, 5) is 23.8. The summed E-state index contributed by atoms with van der Waals surface area (Å²) in [7, 11) is 0. The quantitative estimate of drug-likeness (QED) is 0.441. The molecule has 0 unspecified atom stereocenters. The van der Waals surface area contributed by atoms with Crippen LogP contribution in [0, 0.1) is 5.41 Å². The Morgan fingerprint density at radius 1 is 1.52 bits per heavy atom. The van der Waals surface area contributed by atoms with Crippen LogP contribution in [0.25, 0.3) is 0 Å². The highest BCUT2D eigenvalue weighted by Crippen LogP contribution is 2.36. The maximum absolute atomic E-state index is 11.7. The number of nitrogens with one attached hydrogen (secondary N) is 1. The van der Waals surface area contributed by atoms with Gasteiger partial charge < -0.3 is 25.0 Å². The Balaban J connectivity index is 1.66. The van der Waals surface area contributed by atoms with Gasteiger partial charge in [-0.05, 0) is 12.8 Å². The molecule has 2 rings (SSSR count). The molecular weight excluding hydrogens is 322 g/mol. The Hall–Kier alpha value is -1.25. The topological polar surface area (TPSA) is 105 Å². The minimum Gasteiger partial charge on any atom is -0.465 e. The second-order valence-corrected chi connectivity index (χ2v) is 7.27. The third kappa shape index (κ3) is 4.86. The zero-order valence-corrected chi connectivity index (χ0v) is 13.9. The molecule has 8 heteroatoms. The van der Waals surface area contributed by atoms with Crippen molar-refractivity contribution in [3.63, 3.8) is 0 Å². The highest BCUT2D eigenvalue weighted by Gasteiger charge is 2.41. The van der Waals surface area contributed by atoms with Gasteiger partial charge in [0, 0.05) is 22.5 Å². The van der Waals surface area contributed by atoms with Gasteiger partial charge in [0.2, 0.25) is 0 Å². The average Bonchev–Trinajstić information content (AvgIpc) is 3.08. The van der Waals surface area contributed by atoms with Crippen molar-refractivity contribution in [3.05, 3.63) is 11.0 Å². The summed E-state index contributed by atoms with van der Waals surface area (Å²) >= 11 is 1.66. The molecule has 2 atom stereocenters. The van der Waals surface area contributed by atoms with Crippen molar-refractivity contribution < 1.29 is 29.3 Å². The molecule has 0 aromatic carbocycles. The number of aliphatic hydroxyl groups excluding tert-OH is 2. The van der Waals surface area contributed by atoms with Gasteiger partial charge in [0.15, 0.2) is 6.10 Å². The second-order valence-electron chi connectivity index (χ2n) is 6.17. The third-order valence-corrected chi connectivity index (χ3v) is 5.15. The number of amides is 1. The van der Waals surface area contributed by atoms with Gasteiger partial charge in [-0.2, -0.15) is 0 Å². The lowest BCUT2D eigenvalue weighted by Gasteiger charge is -2.23. The fraction of sp³-hybridized carbons (Fsp3) is 0.733. The van der Waals surface area contributed by atoms with Crippen molar-refractivity contribution in [1.29, 1.82) is 0 Å². The van der Waals surface area contributed by atoms with Crippen molar-refractivity contribution in [2.75, 3.05) is 25.6 Å². The molecule has 0 saturated carbocycles. The van der Waals surface area contributed by atoms with Gasteiger partial charge in [0.1, 0.15) is 6.61 Å². The Kier molecular flexibility index (Phi) is 6.32. The second kappa shape index (κ2) is 8.03. The van der Waals surface area contributed by atoms with Gasteiger partial charge in [-0.1, -0.05) is 13.0 Å². The first-order valence-corrected chi connectivity index (χ1v) is 8.63. The van der Waals surface area contributed by atoms with Crippen LogP contribution in [0.5, 0.6) is 0 Å². The predicted octanol–water partition coefficient (Wildman–Crippen LogP) is 0.798. The lowest BCUT2D eigenvalue weighted by Crippen LogP contribution is -2.32. The number of ether oxygens (including phenoxy) is 2. The van der Waals surface area contributed by atoms with E-state index in [2.05, 4.69) is 5.32 Å². The molecule has 2 fully saturated rings. The van der Waals surface area contributed by atoms with Crippen molar-refractivity contribution in [1.82, 2.24) is 5.32 Å².